The van der Waals surface area contributed by atoms with E-state index < -0.39 is 0 Å². The zero-order valence-electron chi connectivity index (χ0n) is 9.49. The molecule has 2 heteroatoms. The summed E-state index contributed by atoms with van der Waals surface area (Å²) in [4.78, 5) is 11.3. The zero-order valence-corrected chi connectivity index (χ0v) is 9.49. The molecule has 0 fully saturated rings. The van der Waals surface area contributed by atoms with Gasteiger partial charge in [-0.05, 0) is 31.7 Å². The van der Waals surface area contributed by atoms with Crippen LogP contribution in [0.25, 0.3) is 10.9 Å². The van der Waals surface area contributed by atoms with Gasteiger partial charge < -0.3 is 4.57 Å². The van der Waals surface area contributed by atoms with Gasteiger partial charge in [0.25, 0.3) is 0 Å². The molecule has 0 saturated carbocycles. The second-order valence-electron chi connectivity index (χ2n) is 4.56. The van der Waals surface area contributed by atoms with E-state index in [2.05, 4.69) is 23.6 Å². The fraction of sp³-hybridized carbons (Fsp3) is 0.357. The van der Waals surface area contributed by atoms with Crippen molar-refractivity contribution in [2.45, 2.75) is 32.7 Å². The van der Waals surface area contributed by atoms with E-state index in [0.717, 1.165) is 30.2 Å². The van der Waals surface area contributed by atoms with Crippen molar-refractivity contribution in [1.29, 1.82) is 0 Å². The fourth-order valence-corrected chi connectivity index (χ4v) is 2.88. The second-order valence-corrected chi connectivity index (χ2v) is 4.56. The topological polar surface area (TPSA) is 22.0 Å². The van der Waals surface area contributed by atoms with E-state index in [1.165, 1.54) is 29.6 Å². The van der Waals surface area contributed by atoms with Crippen molar-refractivity contribution in [3.8, 4) is 0 Å². The SMILES string of the molecule is Cc1cccc2c(C=O)c3n(c12)CCCC3. The van der Waals surface area contributed by atoms with Gasteiger partial charge in [0.2, 0.25) is 0 Å². The normalized spacial score (nSPS) is 15.1. The monoisotopic (exact) mass is 213 g/mol. The summed E-state index contributed by atoms with van der Waals surface area (Å²) in [7, 11) is 0. The number of hydrogen-bond donors (Lipinski definition) is 0. The average Bonchev–Trinajstić information content (AvgIpc) is 2.64. The van der Waals surface area contributed by atoms with E-state index in [-0.39, 0.29) is 0 Å². The maximum absolute atomic E-state index is 11.3. The van der Waals surface area contributed by atoms with Gasteiger partial charge in [-0.2, -0.15) is 0 Å². The molecule has 82 valence electrons. The summed E-state index contributed by atoms with van der Waals surface area (Å²) < 4.78 is 2.35. The van der Waals surface area contributed by atoms with E-state index in [1.807, 2.05) is 6.07 Å². The summed E-state index contributed by atoms with van der Waals surface area (Å²) in [5, 5.41) is 1.13. The molecule has 0 radical (unpaired) electrons. The predicted octanol–water partition coefficient (Wildman–Crippen LogP) is 3.10. The molecular weight excluding hydrogens is 198 g/mol. The summed E-state index contributed by atoms with van der Waals surface area (Å²) in [6.45, 7) is 3.18. The van der Waals surface area contributed by atoms with Crippen molar-refractivity contribution < 1.29 is 4.79 Å². The van der Waals surface area contributed by atoms with E-state index in [9.17, 15) is 4.79 Å². The van der Waals surface area contributed by atoms with Crippen LogP contribution in [0.4, 0.5) is 0 Å². The lowest BCUT2D eigenvalue weighted by Crippen LogP contribution is -2.10. The van der Waals surface area contributed by atoms with E-state index in [4.69, 9.17) is 0 Å². The Morgan fingerprint density at radius 1 is 1.31 bits per heavy atom. The molecule has 2 nitrogen and oxygen atoms in total. The third kappa shape index (κ3) is 1.16. The fourth-order valence-electron chi connectivity index (χ4n) is 2.88. The summed E-state index contributed by atoms with van der Waals surface area (Å²) >= 11 is 0. The first kappa shape index (κ1) is 9.64. The summed E-state index contributed by atoms with van der Waals surface area (Å²) in [6, 6.07) is 6.23. The Hall–Kier alpha value is -1.57. The van der Waals surface area contributed by atoms with Crippen molar-refractivity contribution in [1.82, 2.24) is 4.57 Å². The van der Waals surface area contributed by atoms with Gasteiger partial charge in [0.1, 0.15) is 0 Å². The first-order valence-electron chi connectivity index (χ1n) is 5.89. The number of aldehydes is 1. The first-order valence-corrected chi connectivity index (χ1v) is 5.89. The molecule has 2 aromatic rings. The minimum absolute atomic E-state index is 0.915. The number of benzene rings is 1. The largest absolute Gasteiger partial charge is 0.344 e. The van der Waals surface area contributed by atoms with Gasteiger partial charge in [0.15, 0.2) is 6.29 Å². The number of aryl methyl sites for hydroxylation is 2. The van der Waals surface area contributed by atoms with E-state index >= 15 is 0 Å². The molecule has 1 aliphatic rings. The van der Waals surface area contributed by atoms with Crippen LogP contribution < -0.4 is 0 Å². The maximum Gasteiger partial charge on any atom is 0.152 e. The molecule has 3 rings (SSSR count). The second kappa shape index (κ2) is 3.48. The van der Waals surface area contributed by atoms with E-state index in [0.29, 0.717) is 0 Å². The van der Waals surface area contributed by atoms with Crippen LogP contribution in [0.5, 0.6) is 0 Å². The number of hydrogen-bond acceptors (Lipinski definition) is 1. The van der Waals surface area contributed by atoms with Crippen LogP contribution in [0.3, 0.4) is 0 Å². The van der Waals surface area contributed by atoms with Gasteiger partial charge in [-0.15, -0.1) is 0 Å². The van der Waals surface area contributed by atoms with Gasteiger partial charge in [-0.3, -0.25) is 4.79 Å². The molecule has 16 heavy (non-hydrogen) atoms. The lowest BCUT2D eigenvalue weighted by Gasteiger charge is -2.17. The summed E-state index contributed by atoms with van der Waals surface area (Å²) in [6.07, 6.45) is 4.50. The number of aromatic nitrogens is 1. The third-order valence-corrected chi connectivity index (χ3v) is 3.60. The highest BCUT2D eigenvalue weighted by Gasteiger charge is 2.19. The minimum atomic E-state index is 0.915. The van der Waals surface area contributed by atoms with Crippen molar-refractivity contribution in [2.24, 2.45) is 0 Å². The van der Waals surface area contributed by atoms with Crippen LogP contribution >= 0.6 is 0 Å². The van der Waals surface area contributed by atoms with Gasteiger partial charge in [-0.25, -0.2) is 0 Å². The Balaban J connectivity index is 2.46. The molecule has 0 bridgehead atoms. The Labute approximate surface area is 94.9 Å². The third-order valence-electron chi connectivity index (χ3n) is 3.60. The van der Waals surface area contributed by atoms with Crippen LogP contribution in [-0.4, -0.2) is 10.9 Å². The Kier molecular flexibility index (Phi) is 2.10. The Bertz CT molecular complexity index is 566. The molecular formula is C14H15NO. The molecule has 2 heterocycles. The van der Waals surface area contributed by atoms with Gasteiger partial charge in [0.05, 0.1) is 5.52 Å². The number of nitrogens with zero attached hydrogens (tertiary/aromatic N) is 1. The molecule has 1 aliphatic heterocycles. The number of rotatable bonds is 1. The Morgan fingerprint density at radius 2 is 2.19 bits per heavy atom. The standard InChI is InChI=1S/C14H15NO/c1-10-5-4-6-11-12(9-16)13-7-2-3-8-15(13)14(10)11/h4-6,9H,2-3,7-8H2,1H3. The number of carbonyl (C=O) groups is 1. The van der Waals surface area contributed by atoms with E-state index in [1.54, 1.807) is 0 Å². The molecule has 0 saturated heterocycles. The van der Waals surface area contributed by atoms with Crippen LogP contribution in [0.15, 0.2) is 18.2 Å². The Morgan fingerprint density at radius 3 is 3.00 bits per heavy atom. The molecule has 0 spiro atoms. The molecule has 0 unspecified atom stereocenters. The van der Waals surface area contributed by atoms with Crippen LogP contribution in [0.1, 0.15) is 34.5 Å². The minimum Gasteiger partial charge on any atom is -0.344 e. The maximum atomic E-state index is 11.3. The molecule has 1 aromatic heterocycles. The van der Waals surface area contributed by atoms with Gasteiger partial charge in [0, 0.05) is 23.2 Å². The lowest BCUT2D eigenvalue weighted by molar-refractivity contribution is 0.112. The van der Waals surface area contributed by atoms with Crippen molar-refractivity contribution in [3.63, 3.8) is 0 Å². The van der Waals surface area contributed by atoms with Crippen LogP contribution in [-0.2, 0) is 13.0 Å². The molecule has 0 atom stereocenters. The molecule has 0 aliphatic carbocycles. The highest BCUT2D eigenvalue weighted by Crippen LogP contribution is 2.31. The van der Waals surface area contributed by atoms with Crippen molar-refractivity contribution >= 4 is 17.2 Å². The quantitative estimate of drug-likeness (QED) is 0.667. The van der Waals surface area contributed by atoms with Crippen LogP contribution in [0.2, 0.25) is 0 Å². The predicted molar refractivity (Wildman–Crippen MR) is 65.0 cm³/mol. The molecule has 0 amide bonds. The summed E-state index contributed by atoms with van der Waals surface area (Å²) in [5.74, 6) is 0. The number of para-hydroxylation sites is 1. The van der Waals surface area contributed by atoms with Gasteiger partial charge >= 0.3 is 0 Å². The average molecular weight is 213 g/mol. The van der Waals surface area contributed by atoms with Gasteiger partial charge in [-0.1, -0.05) is 18.2 Å². The number of carbonyl (C=O) groups excluding carboxylic acids is 1. The lowest BCUT2D eigenvalue weighted by atomic mass is 10.1. The van der Waals surface area contributed by atoms with Crippen LogP contribution in [0, 0.1) is 6.92 Å². The number of fused-ring (bicyclic) bond motifs is 3. The summed E-state index contributed by atoms with van der Waals surface area (Å²) in [5.41, 5.74) is 4.69. The highest BCUT2D eigenvalue weighted by molar-refractivity contribution is 6.00. The zero-order chi connectivity index (χ0) is 11.1. The smallest absolute Gasteiger partial charge is 0.152 e. The molecule has 1 aromatic carbocycles. The first-order chi connectivity index (χ1) is 7.83. The molecule has 0 N–H and O–H groups in total. The van der Waals surface area contributed by atoms with Crippen molar-refractivity contribution in [3.05, 3.63) is 35.0 Å². The van der Waals surface area contributed by atoms with Crippen molar-refractivity contribution in [2.75, 3.05) is 0 Å². The highest BCUT2D eigenvalue weighted by atomic mass is 16.1.